The summed E-state index contributed by atoms with van der Waals surface area (Å²) in [6.45, 7) is 12.0. The van der Waals surface area contributed by atoms with Crippen molar-refractivity contribution < 1.29 is 15.0 Å². The monoisotopic (exact) mass is 492 g/mol. The maximum atomic E-state index is 11.7. The van der Waals surface area contributed by atoms with Crippen LogP contribution in [-0.2, 0) is 0 Å². The second-order valence-electron chi connectivity index (χ2n) is 6.73. The van der Waals surface area contributed by atoms with E-state index < -0.39 is 5.97 Å². The number of benzene rings is 2. The molecule has 0 fully saturated rings. The Morgan fingerprint density at radius 1 is 1.10 bits per heavy atom. The molecule has 0 amide bonds. The highest BCUT2D eigenvalue weighted by molar-refractivity contribution is 9.10. The Kier molecular flexibility index (Phi) is 8.65. The molecule has 2 N–H and O–H groups in total. The van der Waals surface area contributed by atoms with Crippen LogP contribution < -0.4 is 0 Å². The van der Waals surface area contributed by atoms with E-state index in [1.54, 1.807) is 30.3 Å². The van der Waals surface area contributed by atoms with Gasteiger partial charge in [0.05, 0.1) is 5.52 Å². The maximum Gasteiger partial charge on any atom is 0.340 e. The number of nitrogens with zero attached hydrogens (tertiary/aromatic N) is 2. The summed E-state index contributed by atoms with van der Waals surface area (Å²) in [7, 11) is 0. The number of hydrogen-bond donors (Lipinski definition) is 2. The van der Waals surface area contributed by atoms with Gasteiger partial charge in [-0.25, -0.2) is 9.78 Å². The maximum absolute atomic E-state index is 11.7. The minimum atomic E-state index is -1.21. The fourth-order valence-electron chi connectivity index (χ4n) is 3.18. The Hall–Kier alpha value is -2.15. The predicted molar refractivity (Wildman–Crippen MR) is 127 cm³/mol. The summed E-state index contributed by atoms with van der Waals surface area (Å²) in [6.07, 6.45) is 0. The molecular formula is C23H26BrClN2O3. The lowest BCUT2D eigenvalue weighted by Gasteiger charge is -2.13. The minimum absolute atomic E-state index is 0.163. The zero-order valence-corrected chi connectivity index (χ0v) is 19.9. The molecule has 1 heterocycles. The SMILES string of the molecule is CCN(CC)CC.Cc1cc(Br)cc2c(C(=O)O)c(O)c(-c3ccc(Cl)cc3)nc12. The molecule has 30 heavy (non-hydrogen) atoms. The first kappa shape index (κ1) is 24.1. The van der Waals surface area contributed by atoms with Crippen LogP contribution >= 0.6 is 27.5 Å². The smallest absolute Gasteiger partial charge is 0.340 e. The number of halogens is 2. The van der Waals surface area contributed by atoms with Gasteiger partial charge >= 0.3 is 5.97 Å². The van der Waals surface area contributed by atoms with Gasteiger partial charge in [0, 0.05) is 20.4 Å². The first-order valence-corrected chi connectivity index (χ1v) is 10.9. The summed E-state index contributed by atoms with van der Waals surface area (Å²) in [5, 5.41) is 20.9. The molecule has 0 radical (unpaired) electrons. The van der Waals surface area contributed by atoms with Crippen molar-refractivity contribution in [2.24, 2.45) is 0 Å². The van der Waals surface area contributed by atoms with E-state index in [1.807, 2.05) is 13.0 Å². The molecular weight excluding hydrogens is 468 g/mol. The van der Waals surface area contributed by atoms with Gasteiger partial charge in [-0.1, -0.05) is 60.4 Å². The van der Waals surface area contributed by atoms with E-state index in [-0.39, 0.29) is 17.0 Å². The molecule has 0 bridgehead atoms. The number of carboxylic acids is 1. The number of hydrogen-bond acceptors (Lipinski definition) is 4. The summed E-state index contributed by atoms with van der Waals surface area (Å²) >= 11 is 9.22. The van der Waals surface area contributed by atoms with Gasteiger partial charge in [0.25, 0.3) is 0 Å². The van der Waals surface area contributed by atoms with Crippen molar-refractivity contribution >= 4 is 44.4 Å². The molecule has 0 spiro atoms. The number of aromatic nitrogens is 1. The molecule has 0 aliphatic carbocycles. The Bertz CT molecular complexity index is 1030. The zero-order valence-electron chi connectivity index (χ0n) is 17.5. The van der Waals surface area contributed by atoms with E-state index in [0.717, 1.165) is 10.0 Å². The summed E-state index contributed by atoms with van der Waals surface area (Å²) in [5.74, 6) is -1.56. The van der Waals surface area contributed by atoms with Crippen LogP contribution in [0.4, 0.5) is 0 Å². The Labute approximate surface area is 190 Å². The number of aryl methyl sites for hydroxylation is 1. The number of fused-ring (bicyclic) bond motifs is 1. The number of rotatable bonds is 5. The molecule has 0 aliphatic rings. The van der Waals surface area contributed by atoms with Gasteiger partial charge in [-0.3, -0.25) is 0 Å². The highest BCUT2D eigenvalue weighted by Gasteiger charge is 2.22. The van der Waals surface area contributed by atoms with Gasteiger partial charge in [0.15, 0.2) is 5.75 Å². The van der Waals surface area contributed by atoms with Gasteiger partial charge in [0.1, 0.15) is 11.3 Å². The number of aromatic carboxylic acids is 1. The molecule has 3 aromatic rings. The Morgan fingerprint density at radius 2 is 1.67 bits per heavy atom. The largest absolute Gasteiger partial charge is 0.505 e. The van der Waals surface area contributed by atoms with Crippen molar-refractivity contribution in [1.82, 2.24) is 9.88 Å². The van der Waals surface area contributed by atoms with Crippen LogP contribution in [-0.4, -0.2) is 45.7 Å². The van der Waals surface area contributed by atoms with Crippen LogP contribution in [0.25, 0.3) is 22.2 Å². The standard InChI is InChI=1S/C17H11BrClNO3.C6H15N/c1-8-6-10(18)7-12-13(17(22)23)16(21)15(20-14(8)12)9-2-4-11(19)5-3-9;1-4-7(5-2)6-3/h2-7,21H,1H3,(H,22,23);4-6H2,1-3H3. The summed E-state index contributed by atoms with van der Waals surface area (Å²) in [6, 6.07) is 10.2. The Morgan fingerprint density at radius 3 is 2.13 bits per heavy atom. The van der Waals surface area contributed by atoms with Crippen LogP contribution in [0.3, 0.4) is 0 Å². The van der Waals surface area contributed by atoms with E-state index in [2.05, 4.69) is 46.6 Å². The van der Waals surface area contributed by atoms with E-state index in [1.165, 1.54) is 19.6 Å². The average molecular weight is 494 g/mol. The highest BCUT2D eigenvalue weighted by atomic mass is 79.9. The van der Waals surface area contributed by atoms with Crippen molar-refractivity contribution in [3.8, 4) is 17.0 Å². The summed E-state index contributed by atoms with van der Waals surface area (Å²) in [4.78, 5) is 18.5. The zero-order chi connectivity index (χ0) is 22.4. The van der Waals surface area contributed by atoms with Crippen molar-refractivity contribution in [2.45, 2.75) is 27.7 Å². The van der Waals surface area contributed by atoms with Gasteiger partial charge in [0.2, 0.25) is 0 Å². The molecule has 0 unspecified atom stereocenters. The van der Waals surface area contributed by atoms with Gasteiger partial charge in [-0.05, 0) is 56.4 Å². The third-order valence-corrected chi connectivity index (χ3v) is 5.60. The van der Waals surface area contributed by atoms with Crippen molar-refractivity contribution in [3.05, 3.63) is 57.0 Å². The normalized spacial score (nSPS) is 10.8. The number of aromatic hydroxyl groups is 1. The molecule has 2 aromatic carbocycles. The highest BCUT2D eigenvalue weighted by Crippen LogP contribution is 2.37. The second-order valence-corrected chi connectivity index (χ2v) is 8.09. The molecule has 7 heteroatoms. The lowest BCUT2D eigenvalue weighted by Crippen LogP contribution is -2.21. The third kappa shape index (κ3) is 5.50. The van der Waals surface area contributed by atoms with E-state index in [0.29, 0.717) is 21.5 Å². The van der Waals surface area contributed by atoms with E-state index in [4.69, 9.17) is 11.6 Å². The lowest BCUT2D eigenvalue weighted by atomic mass is 10.0. The number of pyridine rings is 1. The van der Waals surface area contributed by atoms with Crippen LogP contribution in [0.15, 0.2) is 40.9 Å². The second kappa shape index (κ2) is 10.8. The van der Waals surface area contributed by atoms with Gasteiger partial charge in [-0.2, -0.15) is 0 Å². The number of carboxylic acid groups (broad SMARTS) is 1. The topological polar surface area (TPSA) is 73.7 Å². The number of carbonyl (C=O) groups is 1. The molecule has 0 atom stereocenters. The van der Waals surface area contributed by atoms with Crippen molar-refractivity contribution in [1.29, 1.82) is 0 Å². The molecule has 3 rings (SSSR count). The first-order chi connectivity index (χ1) is 14.2. The molecule has 5 nitrogen and oxygen atoms in total. The van der Waals surface area contributed by atoms with Gasteiger partial charge < -0.3 is 15.1 Å². The molecule has 1 aromatic heterocycles. The minimum Gasteiger partial charge on any atom is -0.505 e. The van der Waals surface area contributed by atoms with E-state index >= 15 is 0 Å². The van der Waals surface area contributed by atoms with Crippen LogP contribution in [0.5, 0.6) is 5.75 Å². The van der Waals surface area contributed by atoms with Crippen LogP contribution in [0.1, 0.15) is 36.7 Å². The third-order valence-electron chi connectivity index (χ3n) is 4.89. The van der Waals surface area contributed by atoms with Crippen molar-refractivity contribution in [3.63, 3.8) is 0 Å². The average Bonchev–Trinajstić information content (AvgIpc) is 2.70. The Balaban J connectivity index is 0.000000396. The van der Waals surface area contributed by atoms with Crippen LogP contribution in [0.2, 0.25) is 5.02 Å². The first-order valence-electron chi connectivity index (χ1n) is 9.77. The quantitative estimate of drug-likeness (QED) is 0.431. The summed E-state index contributed by atoms with van der Waals surface area (Å²) < 4.78 is 0.727. The lowest BCUT2D eigenvalue weighted by molar-refractivity contribution is 0.0696. The fraction of sp³-hybridized carbons (Fsp3) is 0.304. The summed E-state index contributed by atoms with van der Waals surface area (Å²) in [5.41, 5.74) is 2.00. The van der Waals surface area contributed by atoms with Crippen LogP contribution in [0, 0.1) is 6.92 Å². The van der Waals surface area contributed by atoms with Crippen molar-refractivity contribution in [2.75, 3.05) is 19.6 Å². The molecule has 0 saturated carbocycles. The molecule has 0 saturated heterocycles. The van der Waals surface area contributed by atoms with E-state index in [9.17, 15) is 15.0 Å². The molecule has 160 valence electrons. The molecule has 0 aliphatic heterocycles. The van der Waals surface area contributed by atoms with Gasteiger partial charge in [-0.15, -0.1) is 0 Å². The fourth-order valence-corrected chi connectivity index (χ4v) is 3.88. The predicted octanol–water partition coefficient (Wildman–Crippen LogP) is 6.38.